The van der Waals surface area contributed by atoms with Crippen LogP contribution in [0.3, 0.4) is 0 Å². The van der Waals surface area contributed by atoms with Gasteiger partial charge in [0.2, 0.25) is 0 Å². The normalized spacial score (nSPS) is 58.3. The summed E-state index contributed by atoms with van der Waals surface area (Å²) >= 11 is 0. The molecule has 11 fully saturated rings. The zero-order valence-corrected chi connectivity index (χ0v) is 47.6. The van der Waals surface area contributed by atoms with Crippen LogP contribution in [0.25, 0.3) is 0 Å². The summed E-state index contributed by atoms with van der Waals surface area (Å²) in [6.45, 7) is 8.18. The van der Waals surface area contributed by atoms with Crippen molar-refractivity contribution in [2.75, 3.05) is 33.0 Å². The highest BCUT2D eigenvalue weighted by Crippen LogP contribution is 2.71. The predicted molar refractivity (Wildman–Crippen MR) is 275 cm³/mol. The van der Waals surface area contributed by atoms with Gasteiger partial charge in [0.25, 0.3) is 0 Å². The first kappa shape index (κ1) is 63.5. The number of rotatable bonds is 13. The molecule has 0 amide bonds. The lowest BCUT2D eigenvalue weighted by Crippen LogP contribution is -2.68. The third kappa shape index (κ3) is 11.1. The van der Waals surface area contributed by atoms with E-state index in [0.29, 0.717) is 48.3 Å². The molecule has 15 N–H and O–H groups in total. The second-order valence-corrected chi connectivity index (χ2v) is 26.8. The molecule has 4 saturated carbocycles. The van der Waals surface area contributed by atoms with Crippen molar-refractivity contribution in [2.24, 2.45) is 52.3 Å². The predicted octanol–water partition coefficient (Wildman–Crippen LogP) is -4.45. The molecule has 27 heteroatoms. The molecular weight excluding hydrogens is 1100 g/mol. The molecule has 11 rings (SSSR count). The highest BCUT2D eigenvalue weighted by Gasteiger charge is 2.70. The largest absolute Gasteiger partial charge is 0.394 e. The van der Waals surface area contributed by atoms with Gasteiger partial charge in [-0.3, -0.25) is 0 Å². The van der Waals surface area contributed by atoms with E-state index >= 15 is 0 Å². The minimum absolute atomic E-state index is 0.110. The van der Waals surface area contributed by atoms with Crippen molar-refractivity contribution >= 4 is 0 Å². The lowest BCUT2D eigenvalue weighted by Gasteiger charge is -2.62. The number of ether oxygens (including phenoxy) is 12. The van der Waals surface area contributed by atoms with Gasteiger partial charge in [-0.2, -0.15) is 0 Å². The molecule has 7 aliphatic heterocycles. The van der Waals surface area contributed by atoms with E-state index in [2.05, 4.69) is 27.7 Å². The maximum Gasteiger partial charge on any atom is 0.187 e. The molecule has 83 heavy (non-hydrogen) atoms. The molecule has 37 atom stereocenters. The van der Waals surface area contributed by atoms with Crippen LogP contribution in [-0.4, -0.2) is 281 Å². The first-order chi connectivity index (χ1) is 39.4. The molecule has 0 unspecified atom stereocenters. The molecule has 4 aliphatic carbocycles. The van der Waals surface area contributed by atoms with Gasteiger partial charge in [0.15, 0.2) is 37.2 Å². The molecule has 0 bridgehead atoms. The van der Waals surface area contributed by atoms with E-state index in [-0.39, 0.29) is 22.9 Å². The molecule has 0 radical (unpaired) electrons. The first-order valence-corrected chi connectivity index (χ1v) is 30.2. The van der Waals surface area contributed by atoms with Crippen molar-refractivity contribution in [1.82, 2.24) is 0 Å². The zero-order valence-electron chi connectivity index (χ0n) is 47.6. The van der Waals surface area contributed by atoms with Gasteiger partial charge in [-0.15, -0.1) is 0 Å². The minimum atomic E-state index is -2.08. The number of aliphatic hydroxyl groups is 15. The average molecular weight is 1200 g/mol. The van der Waals surface area contributed by atoms with Gasteiger partial charge in [0.05, 0.1) is 57.5 Å². The Morgan fingerprint density at radius 3 is 1.75 bits per heavy atom. The van der Waals surface area contributed by atoms with Crippen molar-refractivity contribution < 1.29 is 133 Å². The van der Waals surface area contributed by atoms with E-state index < -0.39 is 192 Å². The van der Waals surface area contributed by atoms with E-state index in [1.54, 1.807) is 0 Å². The number of fused-ring (bicyclic) bond motifs is 7. The monoisotopic (exact) mass is 1200 g/mol. The van der Waals surface area contributed by atoms with Crippen LogP contribution in [0.15, 0.2) is 0 Å². The van der Waals surface area contributed by atoms with Crippen molar-refractivity contribution in [3.63, 3.8) is 0 Å². The summed E-state index contributed by atoms with van der Waals surface area (Å²) in [7, 11) is 0. The van der Waals surface area contributed by atoms with E-state index in [1.807, 2.05) is 0 Å². The lowest BCUT2D eigenvalue weighted by molar-refractivity contribution is -0.406. The molecule has 478 valence electrons. The SMILES string of the molecule is C[C@@H]1CC[C@@]2(OC1)O[C@H]1C[C@H]3[C@@H]4CC[C@H]5C[C@@H](O[C@@H]6O[C@H](CO)[C@H](O[C@@H]7O[C@H](CO)[C@@H](O)[C@H](O[C@@H]8OC[C@@H](O[C@@H]9O[C@@H](C)[C@H](O)[C@@H](O)[C@H]9O)[C@H](O)[C@H]8O)[C@H]7O[C@@H]7O[C@H](CO)[C@@H](O)[C@H](O)[C@H]7O)[C@H](O)[C@H]6O)[C@H](O)C[C@]5(C)[C@H]4CC[C@]3(C)[C@H]1[C@@H]2C. The summed E-state index contributed by atoms with van der Waals surface area (Å²) in [6.07, 6.45) is -36.3. The van der Waals surface area contributed by atoms with E-state index in [0.717, 1.165) is 51.6 Å². The first-order valence-electron chi connectivity index (χ1n) is 30.2. The standard InChI is InChI=1S/C56H92O27/c1-20-8-11-56(73-18-20)21(2)34-29(83-56)13-26-24-7-6-23-12-28(27(60)14-55(23,5)25(24)9-10-54(26,34)4)75-51-45(71)41(67)46(32(17-59)78-51)80-53-48(82-52-44(70)40(66)36(62)30(15-57)76-52)47(38(64)31(16-58)77-53)81-49-42(68)37(63)33(19-72-49)79-50-43(69)39(65)35(61)22(3)74-50/h20-53,57-71H,6-19H2,1-5H3/t20-,21+,22+,23+,24-,25+,26+,27-,28-,29+,30-,31-,32-,33-,34+,35+,36-,37+,38-,39-,40+,41-,42-,43-,44-,45-,46+,47+,48-,49+,50+,51-,52+,53+,54+,55+,56-/m1/s1. The fourth-order valence-corrected chi connectivity index (χ4v) is 17.3. The van der Waals surface area contributed by atoms with Crippen molar-refractivity contribution in [1.29, 1.82) is 0 Å². The fraction of sp³-hybridized carbons (Fsp3) is 1.00. The summed E-state index contributed by atoms with van der Waals surface area (Å²) < 4.78 is 73.1. The lowest BCUT2D eigenvalue weighted by atomic mass is 9.44. The Bertz CT molecular complexity index is 2160. The Kier molecular flexibility index (Phi) is 18.8. The van der Waals surface area contributed by atoms with Crippen LogP contribution >= 0.6 is 0 Å². The fourth-order valence-electron chi connectivity index (χ4n) is 17.3. The topological polar surface area (TPSA) is 414 Å². The molecule has 7 heterocycles. The Balaban J connectivity index is 0.770. The summed E-state index contributed by atoms with van der Waals surface area (Å²) in [5.74, 6) is 2.18. The molecule has 1 spiro atoms. The highest BCUT2D eigenvalue weighted by molar-refractivity contribution is 5.16. The summed E-state index contributed by atoms with van der Waals surface area (Å²) in [5.41, 5.74) is -0.104. The summed E-state index contributed by atoms with van der Waals surface area (Å²) in [6, 6.07) is 0. The van der Waals surface area contributed by atoms with Gasteiger partial charge in [-0.05, 0) is 105 Å². The third-order valence-corrected chi connectivity index (χ3v) is 22.1. The van der Waals surface area contributed by atoms with Gasteiger partial charge in [0.1, 0.15) is 110 Å². The van der Waals surface area contributed by atoms with Crippen molar-refractivity contribution in [3.05, 3.63) is 0 Å². The molecule has 0 aromatic rings. The molecule has 0 aromatic carbocycles. The van der Waals surface area contributed by atoms with Gasteiger partial charge in [-0.25, -0.2) is 0 Å². The van der Waals surface area contributed by atoms with E-state index in [1.165, 1.54) is 6.92 Å². The molecular formula is C56H92O27. The maximum atomic E-state index is 12.0. The summed E-state index contributed by atoms with van der Waals surface area (Å²) in [4.78, 5) is 0. The van der Waals surface area contributed by atoms with Crippen molar-refractivity contribution in [2.45, 2.75) is 264 Å². The Morgan fingerprint density at radius 2 is 1.06 bits per heavy atom. The molecule has 0 aromatic heterocycles. The van der Waals surface area contributed by atoms with Crippen LogP contribution in [0.4, 0.5) is 0 Å². The maximum absolute atomic E-state index is 12.0. The third-order valence-electron chi connectivity index (χ3n) is 22.1. The van der Waals surface area contributed by atoms with Gasteiger partial charge >= 0.3 is 0 Å². The Hall–Kier alpha value is -1.08. The van der Waals surface area contributed by atoms with Gasteiger partial charge in [0, 0.05) is 12.3 Å². The van der Waals surface area contributed by atoms with Crippen LogP contribution < -0.4 is 0 Å². The number of hydrogen-bond acceptors (Lipinski definition) is 27. The van der Waals surface area contributed by atoms with E-state index in [9.17, 15) is 76.6 Å². The van der Waals surface area contributed by atoms with Gasteiger partial charge < -0.3 is 133 Å². The van der Waals surface area contributed by atoms with Crippen molar-refractivity contribution in [3.8, 4) is 0 Å². The van der Waals surface area contributed by atoms with Crippen LogP contribution in [0.5, 0.6) is 0 Å². The second-order valence-electron chi connectivity index (χ2n) is 26.8. The molecule has 11 aliphatic rings. The average Bonchev–Trinajstić information content (AvgIpc) is 3.79. The highest BCUT2D eigenvalue weighted by atomic mass is 16.8. The number of hydrogen-bond donors (Lipinski definition) is 15. The molecule has 27 nitrogen and oxygen atoms in total. The number of aliphatic hydroxyl groups excluding tert-OH is 15. The summed E-state index contributed by atoms with van der Waals surface area (Å²) in [5, 5.41) is 165. The zero-order chi connectivity index (χ0) is 59.5. The van der Waals surface area contributed by atoms with Crippen LogP contribution in [0.1, 0.15) is 92.4 Å². The van der Waals surface area contributed by atoms with Crippen LogP contribution in [0, 0.1) is 52.3 Å². The molecule has 7 saturated heterocycles. The van der Waals surface area contributed by atoms with Crippen LogP contribution in [-0.2, 0) is 56.8 Å². The smallest absolute Gasteiger partial charge is 0.187 e. The van der Waals surface area contributed by atoms with E-state index in [4.69, 9.17) is 56.8 Å². The van der Waals surface area contributed by atoms with Crippen LogP contribution in [0.2, 0.25) is 0 Å². The van der Waals surface area contributed by atoms with Gasteiger partial charge in [-0.1, -0.05) is 27.7 Å². The quantitative estimate of drug-likeness (QED) is 0.0774. The second kappa shape index (κ2) is 24.6. The Morgan fingerprint density at radius 1 is 0.470 bits per heavy atom. The Labute approximate surface area is 481 Å². The minimum Gasteiger partial charge on any atom is -0.394 e.